The van der Waals surface area contributed by atoms with Crippen LogP contribution in [0.25, 0.3) is 0 Å². The van der Waals surface area contributed by atoms with E-state index in [4.69, 9.17) is 19.2 Å². The van der Waals surface area contributed by atoms with Crippen LogP contribution in [0.2, 0.25) is 0 Å². The summed E-state index contributed by atoms with van der Waals surface area (Å²) in [4.78, 5) is 25.3. The Labute approximate surface area is 189 Å². The zero-order chi connectivity index (χ0) is 22.7. The number of ether oxygens (including phenoxy) is 2. The highest BCUT2D eigenvalue weighted by atomic mass is 32.2. The first-order chi connectivity index (χ1) is 15.1. The molecule has 1 saturated carbocycles. The van der Waals surface area contributed by atoms with Gasteiger partial charge in [0.1, 0.15) is 0 Å². The van der Waals surface area contributed by atoms with E-state index in [0.29, 0.717) is 17.2 Å². The first-order valence-corrected chi connectivity index (χ1v) is 13.6. The highest BCUT2D eigenvalue weighted by molar-refractivity contribution is 7.90. The molecule has 176 valence electrons. The summed E-state index contributed by atoms with van der Waals surface area (Å²) in [5, 5.41) is 0. The van der Waals surface area contributed by atoms with E-state index in [-0.39, 0.29) is 23.7 Å². The molecule has 0 aromatic heterocycles. The van der Waals surface area contributed by atoms with Crippen molar-refractivity contribution in [3.8, 4) is 0 Å². The number of fused-ring (bicyclic) bond motifs is 2. The first kappa shape index (κ1) is 22.3. The molecule has 0 N–H and O–H groups in total. The SMILES string of the molecule is C[C@@H]1CC[C@H]2[C@@H](CCCc3ccc(S(C)(=O)=O)cc3)C(=O)O[C@@H]3O[C@@]4(C)CCC1[C@]32OO4. The zero-order valence-corrected chi connectivity index (χ0v) is 19.7. The van der Waals surface area contributed by atoms with E-state index < -0.39 is 27.5 Å². The number of rotatable bonds is 5. The lowest BCUT2D eigenvalue weighted by molar-refractivity contribution is -0.559. The van der Waals surface area contributed by atoms with Crippen LogP contribution in [0.4, 0.5) is 0 Å². The number of esters is 1. The maximum atomic E-state index is 13.1. The number of carbonyl (C=O) groups excluding carboxylic acids is 1. The van der Waals surface area contributed by atoms with E-state index in [0.717, 1.165) is 44.1 Å². The predicted molar refractivity (Wildman–Crippen MR) is 115 cm³/mol. The van der Waals surface area contributed by atoms with Gasteiger partial charge in [0.05, 0.1) is 10.8 Å². The van der Waals surface area contributed by atoms with Crippen LogP contribution in [0.3, 0.4) is 0 Å². The summed E-state index contributed by atoms with van der Waals surface area (Å²) in [5.74, 6) is -0.646. The summed E-state index contributed by atoms with van der Waals surface area (Å²) >= 11 is 0. The molecule has 4 heterocycles. The predicted octanol–water partition coefficient (Wildman–Crippen LogP) is 3.80. The van der Waals surface area contributed by atoms with Crippen molar-refractivity contribution in [2.75, 3.05) is 6.26 Å². The van der Waals surface area contributed by atoms with Crippen molar-refractivity contribution in [2.45, 2.75) is 81.4 Å². The second-order valence-corrected chi connectivity index (χ2v) is 12.3. The molecule has 1 aromatic rings. The molecule has 6 rings (SSSR count). The smallest absolute Gasteiger partial charge is 0.311 e. The van der Waals surface area contributed by atoms with E-state index in [1.54, 1.807) is 12.1 Å². The Hall–Kier alpha value is -1.48. The Morgan fingerprint density at radius 2 is 1.81 bits per heavy atom. The molecule has 5 aliphatic rings. The van der Waals surface area contributed by atoms with Gasteiger partial charge in [0, 0.05) is 24.5 Å². The van der Waals surface area contributed by atoms with Gasteiger partial charge in [0.2, 0.25) is 12.1 Å². The molecule has 4 aliphatic heterocycles. The molecule has 0 radical (unpaired) electrons. The topological polar surface area (TPSA) is 88.1 Å². The van der Waals surface area contributed by atoms with Crippen LogP contribution in [0.5, 0.6) is 0 Å². The van der Waals surface area contributed by atoms with Crippen LogP contribution in [-0.2, 0) is 40.3 Å². The molecule has 1 unspecified atom stereocenters. The molecular formula is C24H32O7S. The van der Waals surface area contributed by atoms with Gasteiger partial charge < -0.3 is 9.47 Å². The minimum atomic E-state index is -3.20. The maximum Gasteiger partial charge on any atom is 0.311 e. The monoisotopic (exact) mass is 464 g/mol. The van der Waals surface area contributed by atoms with Crippen LogP contribution in [-0.4, -0.2) is 38.3 Å². The van der Waals surface area contributed by atoms with Crippen LogP contribution in [0, 0.1) is 23.7 Å². The molecular weight excluding hydrogens is 432 g/mol. The lowest BCUT2D eigenvalue weighted by atomic mass is 9.57. The van der Waals surface area contributed by atoms with E-state index in [1.165, 1.54) is 6.26 Å². The van der Waals surface area contributed by atoms with Crippen LogP contribution in [0.15, 0.2) is 29.2 Å². The van der Waals surface area contributed by atoms with Gasteiger partial charge in [-0.2, -0.15) is 0 Å². The molecule has 2 bridgehead atoms. The van der Waals surface area contributed by atoms with E-state index in [1.807, 2.05) is 19.1 Å². The highest BCUT2D eigenvalue weighted by Gasteiger charge is 2.70. The average Bonchev–Trinajstić information content (AvgIpc) is 2.96. The van der Waals surface area contributed by atoms with Gasteiger partial charge in [0.25, 0.3) is 0 Å². The van der Waals surface area contributed by atoms with Crippen LogP contribution < -0.4 is 0 Å². The van der Waals surface area contributed by atoms with Gasteiger partial charge in [-0.1, -0.05) is 19.1 Å². The van der Waals surface area contributed by atoms with Crippen molar-refractivity contribution in [2.24, 2.45) is 23.7 Å². The molecule has 7 atom stereocenters. The summed E-state index contributed by atoms with van der Waals surface area (Å²) in [5.41, 5.74) is 0.321. The Balaban J connectivity index is 1.33. The molecule has 0 amide bonds. The van der Waals surface area contributed by atoms with Crippen molar-refractivity contribution in [3.05, 3.63) is 29.8 Å². The second kappa shape index (κ2) is 7.79. The van der Waals surface area contributed by atoms with Crippen molar-refractivity contribution in [3.63, 3.8) is 0 Å². The minimum absolute atomic E-state index is 0.00482. The van der Waals surface area contributed by atoms with Crippen molar-refractivity contribution >= 4 is 15.8 Å². The standard InChI is InChI=1S/C24H32O7S/c1-15-7-12-20-18(6-4-5-16-8-10-17(11-9-16)32(3,26)27)21(25)28-22-24(20)19(15)13-14-23(2,29-22)30-31-24/h8-11,15,18-20,22H,4-7,12-14H2,1-3H3/t15-,18-,19?,20+,22-,23-,24-/m1/s1. The third-order valence-electron chi connectivity index (χ3n) is 8.12. The highest BCUT2D eigenvalue weighted by Crippen LogP contribution is 2.60. The van der Waals surface area contributed by atoms with Crippen LogP contribution in [0.1, 0.15) is 57.9 Å². The van der Waals surface area contributed by atoms with Gasteiger partial charge in [-0.25, -0.2) is 18.2 Å². The molecule has 1 aromatic carbocycles. The Kier molecular flexibility index (Phi) is 5.43. The van der Waals surface area contributed by atoms with Crippen LogP contribution >= 0.6 is 0 Å². The van der Waals surface area contributed by atoms with Gasteiger partial charge in [-0.3, -0.25) is 4.79 Å². The molecule has 1 spiro atoms. The fourth-order valence-corrected chi connectivity index (χ4v) is 7.00. The van der Waals surface area contributed by atoms with E-state index in [2.05, 4.69) is 6.92 Å². The second-order valence-electron chi connectivity index (χ2n) is 10.3. The minimum Gasteiger partial charge on any atom is -0.432 e. The molecule has 32 heavy (non-hydrogen) atoms. The summed E-state index contributed by atoms with van der Waals surface area (Å²) < 4.78 is 35.4. The quantitative estimate of drug-likeness (QED) is 0.484. The zero-order valence-electron chi connectivity index (χ0n) is 18.9. The van der Waals surface area contributed by atoms with Gasteiger partial charge in [0.15, 0.2) is 15.4 Å². The Morgan fingerprint density at radius 1 is 1.06 bits per heavy atom. The molecule has 7 nitrogen and oxygen atoms in total. The number of hydrogen-bond acceptors (Lipinski definition) is 7. The van der Waals surface area contributed by atoms with Gasteiger partial charge >= 0.3 is 5.97 Å². The lowest BCUT2D eigenvalue weighted by Gasteiger charge is -2.58. The molecule has 8 heteroatoms. The van der Waals surface area contributed by atoms with Gasteiger partial charge in [-0.15, -0.1) is 0 Å². The Morgan fingerprint density at radius 3 is 2.53 bits per heavy atom. The fraction of sp³-hybridized carbons (Fsp3) is 0.708. The number of sulfone groups is 1. The fourth-order valence-electron chi connectivity index (χ4n) is 6.37. The first-order valence-electron chi connectivity index (χ1n) is 11.7. The normalized spacial score (nSPS) is 41.0. The number of benzene rings is 1. The van der Waals surface area contributed by atoms with E-state index >= 15 is 0 Å². The largest absolute Gasteiger partial charge is 0.432 e. The van der Waals surface area contributed by atoms with Crippen molar-refractivity contribution in [1.82, 2.24) is 0 Å². The van der Waals surface area contributed by atoms with Gasteiger partial charge in [-0.05, 0) is 69.1 Å². The third-order valence-corrected chi connectivity index (χ3v) is 9.25. The lowest BCUT2D eigenvalue weighted by Crippen LogP contribution is -2.70. The number of hydrogen-bond donors (Lipinski definition) is 0. The molecule has 5 fully saturated rings. The summed E-state index contributed by atoms with van der Waals surface area (Å²) in [6.45, 7) is 4.11. The summed E-state index contributed by atoms with van der Waals surface area (Å²) in [7, 11) is -3.20. The molecule has 4 saturated heterocycles. The maximum absolute atomic E-state index is 13.1. The van der Waals surface area contributed by atoms with E-state index in [9.17, 15) is 13.2 Å². The Bertz CT molecular complexity index is 990. The number of carbonyl (C=O) groups is 1. The molecule has 1 aliphatic carbocycles. The third kappa shape index (κ3) is 3.59. The van der Waals surface area contributed by atoms with Crippen molar-refractivity contribution in [1.29, 1.82) is 0 Å². The summed E-state index contributed by atoms with van der Waals surface area (Å²) in [6.07, 6.45) is 6.35. The number of aryl methyl sites for hydroxylation is 1. The van der Waals surface area contributed by atoms with Crippen molar-refractivity contribution < 1.29 is 32.5 Å². The average molecular weight is 465 g/mol. The summed E-state index contributed by atoms with van der Waals surface area (Å²) in [6, 6.07) is 6.98.